The predicted octanol–water partition coefficient (Wildman–Crippen LogP) is 1.31. The van der Waals surface area contributed by atoms with Crippen LogP contribution in [-0.4, -0.2) is 41.6 Å². The van der Waals surface area contributed by atoms with Gasteiger partial charge in [-0.05, 0) is 38.2 Å². The number of thioether (sulfide) groups is 1. The topological polar surface area (TPSA) is 72.3 Å². The Labute approximate surface area is 122 Å². The average Bonchev–Trinajstić information content (AvgIpc) is 3.06. The molecule has 1 heterocycles. The van der Waals surface area contributed by atoms with Crippen LogP contribution >= 0.6 is 23.4 Å². The molecular weight excluding hydrogens is 282 g/mol. The average molecular weight is 300 g/mol. The van der Waals surface area contributed by atoms with E-state index in [0.717, 1.165) is 12.0 Å². The molecule has 0 aliphatic carbocycles. The first kappa shape index (κ1) is 14.7. The first-order chi connectivity index (χ1) is 8.90. The van der Waals surface area contributed by atoms with E-state index in [4.69, 9.17) is 23.1 Å². The molecule has 2 rings (SSSR count). The Kier molecular flexibility index (Phi) is 4.11. The molecule has 0 saturated carbocycles. The minimum absolute atomic E-state index is 0.0195. The lowest BCUT2D eigenvalue weighted by Gasteiger charge is -2.21. The van der Waals surface area contributed by atoms with Gasteiger partial charge in [0.2, 0.25) is 5.91 Å². The lowest BCUT2D eigenvalue weighted by Crippen LogP contribution is -2.40. The van der Waals surface area contributed by atoms with Gasteiger partial charge in [-0.3, -0.25) is 9.69 Å². The molecule has 1 aromatic carbocycles. The number of nitrogens with zero attached hydrogens (tertiary/aromatic N) is 1. The van der Waals surface area contributed by atoms with Gasteiger partial charge in [0.05, 0.1) is 4.87 Å². The summed E-state index contributed by atoms with van der Waals surface area (Å²) < 4.78 is 0. The summed E-state index contributed by atoms with van der Waals surface area (Å²) >= 11 is 8.06. The minimum atomic E-state index is -0.459. The van der Waals surface area contributed by atoms with E-state index in [-0.39, 0.29) is 4.87 Å². The van der Waals surface area contributed by atoms with Gasteiger partial charge < -0.3 is 11.5 Å². The van der Waals surface area contributed by atoms with Crippen molar-refractivity contribution in [2.24, 2.45) is 11.5 Å². The summed E-state index contributed by atoms with van der Waals surface area (Å²) in [4.78, 5) is 13.3. The van der Waals surface area contributed by atoms with Crippen molar-refractivity contribution in [3.63, 3.8) is 0 Å². The molecule has 0 radical (unpaired) electrons. The molecule has 1 amide bonds. The second-order valence-corrected chi connectivity index (χ2v) is 6.84. The van der Waals surface area contributed by atoms with Crippen LogP contribution in [-0.2, 0) is 6.42 Å². The standard InChI is InChI=1S/C13H18ClN3OS/c1-17(2)13(7-15)11(19-13)6-8-3-4-9(12(16)18)5-10(8)14/h3-5,11H,6-7,15H2,1-2H3,(H2,16,18)/t11?,13-/m1/s1. The van der Waals surface area contributed by atoms with Gasteiger partial charge in [0.25, 0.3) is 0 Å². The zero-order valence-corrected chi connectivity index (χ0v) is 12.6. The van der Waals surface area contributed by atoms with Gasteiger partial charge in [0.1, 0.15) is 0 Å². The number of carbonyl (C=O) groups excluding carboxylic acids is 1. The molecule has 6 heteroatoms. The Morgan fingerprint density at radius 3 is 2.63 bits per heavy atom. The highest BCUT2D eigenvalue weighted by atomic mass is 35.5. The molecule has 1 aliphatic heterocycles. The number of benzene rings is 1. The second kappa shape index (κ2) is 5.32. The van der Waals surface area contributed by atoms with E-state index in [1.54, 1.807) is 12.1 Å². The number of amides is 1. The predicted molar refractivity (Wildman–Crippen MR) is 80.5 cm³/mol. The van der Waals surface area contributed by atoms with Crippen LogP contribution < -0.4 is 11.5 Å². The zero-order chi connectivity index (χ0) is 14.2. The maximum absolute atomic E-state index is 11.1. The third kappa shape index (κ3) is 2.74. The molecule has 0 spiro atoms. The van der Waals surface area contributed by atoms with Gasteiger partial charge in [-0.1, -0.05) is 17.7 Å². The summed E-state index contributed by atoms with van der Waals surface area (Å²) in [5, 5.41) is 1.03. The first-order valence-corrected chi connectivity index (χ1v) is 7.30. The van der Waals surface area contributed by atoms with Gasteiger partial charge in [0, 0.05) is 22.4 Å². The van der Waals surface area contributed by atoms with Crippen molar-refractivity contribution < 1.29 is 4.79 Å². The van der Waals surface area contributed by atoms with Crippen LogP contribution in [0.4, 0.5) is 0 Å². The number of nitrogens with two attached hydrogens (primary N) is 2. The van der Waals surface area contributed by atoms with E-state index in [2.05, 4.69) is 4.90 Å². The van der Waals surface area contributed by atoms with Gasteiger partial charge >= 0.3 is 0 Å². The van der Waals surface area contributed by atoms with Gasteiger partial charge in [-0.25, -0.2) is 0 Å². The van der Waals surface area contributed by atoms with Gasteiger partial charge in [0.15, 0.2) is 0 Å². The van der Waals surface area contributed by atoms with Crippen molar-refractivity contribution in [3.05, 3.63) is 34.3 Å². The van der Waals surface area contributed by atoms with Crippen molar-refractivity contribution >= 4 is 29.3 Å². The van der Waals surface area contributed by atoms with E-state index < -0.39 is 5.91 Å². The number of primary amides is 1. The fourth-order valence-corrected chi connectivity index (χ4v) is 3.88. The highest BCUT2D eigenvalue weighted by Crippen LogP contribution is 2.55. The first-order valence-electron chi connectivity index (χ1n) is 6.04. The minimum Gasteiger partial charge on any atom is -0.366 e. The van der Waals surface area contributed by atoms with Crippen LogP contribution in [0, 0.1) is 0 Å². The van der Waals surface area contributed by atoms with E-state index in [0.29, 0.717) is 22.4 Å². The highest BCUT2D eigenvalue weighted by Gasteiger charge is 2.56. The van der Waals surface area contributed by atoms with Crippen LogP contribution in [0.2, 0.25) is 5.02 Å². The SMILES string of the molecule is CN(C)[C@]1(CN)SC1Cc1ccc(C(N)=O)cc1Cl. The van der Waals surface area contributed by atoms with Crippen molar-refractivity contribution in [2.45, 2.75) is 16.5 Å². The fourth-order valence-electron chi connectivity index (χ4n) is 2.23. The van der Waals surface area contributed by atoms with E-state index in [9.17, 15) is 4.79 Å². The Morgan fingerprint density at radius 1 is 1.53 bits per heavy atom. The Balaban J connectivity index is 2.12. The van der Waals surface area contributed by atoms with E-state index >= 15 is 0 Å². The smallest absolute Gasteiger partial charge is 0.248 e. The maximum Gasteiger partial charge on any atom is 0.248 e. The van der Waals surface area contributed by atoms with Gasteiger partial charge in [-0.15, -0.1) is 11.8 Å². The summed E-state index contributed by atoms with van der Waals surface area (Å²) in [5.41, 5.74) is 12.6. The lowest BCUT2D eigenvalue weighted by molar-refractivity contribution is 0.100. The lowest BCUT2D eigenvalue weighted by atomic mass is 10.0. The number of rotatable bonds is 5. The largest absolute Gasteiger partial charge is 0.366 e. The number of hydrogen-bond donors (Lipinski definition) is 2. The number of carbonyl (C=O) groups is 1. The monoisotopic (exact) mass is 299 g/mol. The molecule has 0 aromatic heterocycles. The zero-order valence-electron chi connectivity index (χ0n) is 11.0. The summed E-state index contributed by atoms with van der Waals surface area (Å²) in [6.07, 6.45) is 0.845. The number of halogens is 1. The fraction of sp³-hybridized carbons (Fsp3) is 0.462. The van der Waals surface area contributed by atoms with Crippen molar-refractivity contribution in [1.29, 1.82) is 0 Å². The molecule has 1 aromatic rings. The van der Waals surface area contributed by atoms with Crippen molar-refractivity contribution in [1.82, 2.24) is 4.90 Å². The van der Waals surface area contributed by atoms with Crippen molar-refractivity contribution in [3.8, 4) is 0 Å². The summed E-state index contributed by atoms with van der Waals surface area (Å²) in [7, 11) is 4.08. The quantitative estimate of drug-likeness (QED) is 0.804. The second-order valence-electron chi connectivity index (χ2n) is 4.92. The molecule has 0 bridgehead atoms. The third-order valence-corrected chi connectivity index (χ3v) is 5.75. The maximum atomic E-state index is 11.1. The molecule has 1 aliphatic rings. The molecule has 1 saturated heterocycles. The van der Waals surface area contributed by atoms with Crippen molar-refractivity contribution in [2.75, 3.05) is 20.6 Å². The van der Waals surface area contributed by atoms with E-state index in [1.807, 2.05) is 31.9 Å². The van der Waals surface area contributed by atoms with Crippen LogP contribution in [0.3, 0.4) is 0 Å². The molecule has 4 N–H and O–H groups in total. The Hall–Kier alpha value is -0.750. The molecule has 2 atom stereocenters. The number of hydrogen-bond acceptors (Lipinski definition) is 4. The Bertz CT molecular complexity index is 509. The van der Waals surface area contributed by atoms with Crippen LogP contribution in [0.15, 0.2) is 18.2 Å². The van der Waals surface area contributed by atoms with Gasteiger partial charge in [-0.2, -0.15) is 0 Å². The third-order valence-electron chi connectivity index (χ3n) is 3.58. The van der Waals surface area contributed by atoms with Crippen LogP contribution in [0.5, 0.6) is 0 Å². The highest BCUT2D eigenvalue weighted by molar-refractivity contribution is 8.08. The summed E-state index contributed by atoms with van der Waals surface area (Å²) in [6, 6.07) is 5.22. The summed E-state index contributed by atoms with van der Waals surface area (Å²) in [5.74, 6) is -0.459. The molecule has 104 valence electrons. The van der Waals surface area contributed by atoms with Crippen LogP contribution in [0.25, 0.3) is 0 Å². The molecular formula is C13H18ClN3OS. The Morgan fingerprint density at radius 2 is 2.21 bits per heavy atom. The molecule has 1 unspecified atom stereocenters. The summed E-state index contributed by atoms with van der Waals surface area (Å²) in [6.45, 7) is 0.617. The van der Waals surface area contributed by atoms with E-state index in [1.165, 1.54) is 0 Å². The molecule has 1 fully saturated rings. The normalized spacial score (nSPS) is 25.6. The molecule has 19 heavy (non-hydrogen) atoms. The van der Waals surface area contributed by atoms with Crippen LogP contribution in [0.1, 0.15) is 15.9 Å². The molecule has 4 nitrogen and oxygen atoms in total. The number of likely N-dealkylation sites (N-methyl/N-ethyl adjacent to an activating group) is 1.